The van der Waals surface area contributed by atoms with Crippen LogP contribution in [-0.2, 0) is 23.0 Å². The fourth-order valence-corrected chi connectivity index (χ4v) is 4.63. The molecule has 0 saturated carbocycles. The number of hydrogen-bond donors (Lipinski definition) is 0. The lowest BCUT2D eigenvalue weighted by Gasteiger charge is -2.13. The molecule has 0 aliphatic carbocycles. The van der Waals surface area contributed by atoms with Crippen LogP contribution in [0.15, 0.2) is 51.9 Å². The second-order valence-corrected chi connectivity index (χ2v) is 7.59. The predicted molar refractivity (Wildman–Crippen MR) is 88.3 cm³/mol. The molecule has 0 N–H and O–H groups in total. The van der Waals surface area contributed by atoms with Crippen molar-refractivity contribution in [3.8, 4) is 5.75 Å². The van der Waals surface area contributed by atoms with Crippen LogP contribution in [-0.4, -0.2) is 31.5 Å². The fraction of sp³-hybridized carbons (Fsp3) is 0.235. The third kappa shape index (κ3) is 2.37. The first-order chi connectivity index (χ1) is 11.6. The summed E-state index contributed by atoms with van der Waals surface area (Å²) in [4.78, 5) is 0.355. The number of benzene rings is 2. The van der Waals surface area contributed by atoms with E-state index in [-0.39, 0.29) is 0 Å². The van der Waals surface area contributed by atoms with Crippen LogP contribution in [0.2, 0.25) is 0 Å². The van der Waals surface area contributed by atoms with Crippen molar-refractivity contribution >= 4 is 21.0 Å². The van der Waals surface area contributed by atoms with E-state index >= 15 is 0 Å². The van der Waals surface area contributed by atoms with E-state index < -0.39 is 10.0 Å². The van der Waals surface area contributed by atoms with E-state index in [4.69, 9.17) is 9.26 Å². The Morgan fingerprint density at radius 3 is 2.92 bits per heavy atom. The van der Waals surface area contributed by atoms with Crippen molar-refractivity contribution in [2.75, 3.05) is 13.7 Å². The first-order valence-electron chi connectivity index (χ1n) is 7.60. The lowest BCUT2D eigenvalue weighted by atomic mass is 10.1. The highest BCUT2D eigenvalue weighted by atomic mass is 32.2. The van der Waals surface area contributed by atoms with Gasteiger partial charge in [0.2, 0.25) is 10.0 Å². The van der Waals surface area contributed by atoms with E-state index in [1.54, 1.807) is 25.3 Å². The number of sulfonamides is 1. The van der Waals surface area contributed by atoms with Crippen LogP contribution in [0.25, 0.3) is 11.0 Å². The van der Waals surface area contributed by atoms with Gasteiger partial charge in [0.15, 0.2) is 5.58 Å². The van der Waals surface area contributed by atoms with Gasteiger partial charge < -0.3 is 9.26 Å². The van der Waals surface area contributed by atoms with Gasteiger partial charge in [-0.1, -0.05) is 17.3 Å². The van der Waals surface area contributed by atoms with Crippen LogP contribution in [0.3, 0.4) is 0 Å². The van der Waals surface area contributed by atoms with Crippen LogP contribution >= 0.6 is 0 Å². The van der Waals surface area contributed by atoms with Gasteiger partial charge in [0.25, 0.3) is 0 Å². The highest BCUT2D eigenvalue weighted by Crippen LogP contribution is 2.33. The summed E-state index contributed by atoms with van der Waals surface area (Å²) in [6, 6.07) is 12.6. The standard InChI is InChI=1S/C17H16N2O4S/c1-22-13-6-7-17-12(10-13)11-19(24(17,20)21)9-8-15-14-4-2-3-5-16(14)23-18-15/h2-7,10H,8-9,11H2,1H3. The molecule has 0 unspecified atom stereocenters. The van der Waals surface area contributed by atoms with E-state index in [0.717, 1.165) is 16.6 Å². The summed E-state index contributed by atoms with van der Waals surface area (Å²) < 4.78 is 37.2. The van der Waals surface area contributed by atoms with Gasteiger partial charge in [-0.2, -0.15) is 4.31 Å². The predicted octanol–water partition coefficient (Wildman–Crippen LogP) is 2.58. The van der Waals surface area contributed by atoms with E-state index in [9.17, 15) is 8.42 Å². The van der Waals surface area contributed by atoms with Crippen molar-refractivity contribution in [1.82, 2.24) is 9.46 Å². The van der Waals surface area contributed by atoms with Crippen molar-refractivity contribution in [3.63, 3.8) is 0 Å². The van der Waals surface area contributed by atoms with Gasteiger partial charge in [0, 0.05) is 24.9 Å². The molecule has 7 heteroatoms. The van der Waals surface area contributed by atoms with Gasteiger partial charge in [-0.15, -0.1) is 0 Å². The van der Waals surface area contributed by atoms with E-state index in [1.807, 2.05) is 24.3 Å². The molecule has 6 nitrogen and oxygen atoms in total. The molecule has 1 aromatic heterocycles. The third-order valence-corrected chi connectivity index (χ3v) is 6.23. The normalized spacial score (nSPS) is 16.4. The molecule has 0 amide bonds. The Kier molecular flexibility index (Phi) is 3.54. The van der Waals surface area contributed by atoms with E-state index in [2.05, 4.69) is 5.16 Å². The molecule has 2 heterocycles. The second kappa shape index (κ2) is 5.61. The average Bonchev–Trinajstić information content (AvgIpc) is 3.11. The average molecular weight is 344 g/mol. The largest absolute Gasteiger partial charge is 0.497 e. The van der Waals surface area contributed by atoms with Gasteiger partial charge in [-0.3, -0.25) is 0 Å². The minimum atomic E-state index is -3.46. The quantitative estimate of drug-likeness (QED) is 0.727. The maximum absolute atomic E-state index is 12.6. The highest BCUT2D eigenvalue weighted by molar-refractivity contribution is 7.89. The van der Waals surface area contributed by atoms with Gasteiger partial charge in [-0.05, 0) is 35.9 Å². The summed E-state index contributed by atoms with van der Waals surface area (Å²) >= 11 is 0. The molecule has 1 aliphatic rings. The van der Waals surface area contributed by atoms with Crippen molar-refractivity contribution in [2.45, 2.75) is 17.9 Å². The molecule has 124 valence electrons. The number of aromatic nitrogens is 1. The molecule has 0 radical (unpaired) electrons. The fourth-order valence-electron chi connectivity index (χ4n) is 3.02. The summed E-state index contributed by atoms with van der Waals surface area (Å²) in [7, 11) is -1.89. The van der Waals surface area contributed by atoms with Crippen molar-refractivity contribution in [1.29, 1.82) is 0 Å². The Morgan fingerprint density at radius 2 is 2.08 bits per heavy atom. The Morgan fingerprint density at radius 1 is 1.25 bits per heavy atom. The van der Waals surface area contributed by atoms with Crippen LogP contribution in [0, 0.1) is 0 Å². The zero-order chi connectivity index (χ0) is 16.7. The molecule has 0 bridgehead atoms. The zero-order valence-electron chi connectivity index (χ0n) is 13.1. The van der Waals surface area contributed by atoms with Crippen LogP contribution in [0.1, 0.15) is 11.3 Å². The molecule has 3 aromatic rings. The number of ether oxygens (including phenoxy) is 1. The summed E-state index contributed by atoms with van der Waals surface area (Å²) in [5, 5.41) is 4.99. The minimum Gasteiger partial charge on any atom is -0.497 e. The van der Waals surface area contributed by atoms with Gasteiger partial charge in [0.1, 0.15) is 5.75 Å². The number of nitrogens with zero attached hydrogens (tertiary/aromatic N) is 2. The molecular formula is C17H16N2O4S. The smallest absolute Gasteiger partial charge is 0.243 e. The van der Waals surface area contributed by atoms with Crippen molar-refractivity contribution < 1.29 is 17.7 Å². The molecule has 0 saturated heterocycles. The van der Waals surface area contributed by atoms with Crippen LogP contribution in [0.4, 0.5) is 0 Å². The summed E-state index contributed by atoms with van der Waals surface area (Å²) in [6.45, 7) is 0.709. The number of fused-ring (bicyclic) bond motifs is 2. The first-order valence-corrected chi connectivity index (χ1v) is 9.04. The maximum Gasteiger partial charge on any atom is 0.243 e. The van der Waals surface area contributed by atoms with Crippen molar-refractivity contribution in [3.05, 3.63) is 53.7 Å². The number of hydrogen-bond acceptors (Lipinski definition) is 5. The molecule has 0 fully saturated rings. The molecule has 0 atom stereocenters. The Hall–Kier alpha value is -2.38. The topological polar surface area (TPSA) is 72.6 Å². The lowest BCUT2D eigenvalue weighted by molar-refractivity contribution is 0.406. The van der Waals surface area contributed by atoms with Crippen LogP contribution in [0.5, 0.6) is 5.75 Å². The van der Waals surface area contributed by atoms with Crippen LogP contribution < -0.4 is 4.74 Å². The van der Waals surface area contributed by atoms with E-state index in [0.29, 0.717) is 35.7 Å². The van der Waals surface area contributed by atoms with E-state index in [1.165, 1.54) is 4.31 Å². The molecule has 2 aromatic carbocycles. The first kappa shape index (κ1) is 15.2. The Balaban J connectivity index is 1.58. The Bertz CT molecular complexity index is 1010. The monoisotopic (exact) mass is 344 g/mol. The molecule has 1 aliphatic heterocycles. The summed E-state index contributed by atoms with van der Waals surface area (Å²) in [6.07, 6.45) is 0.501. The second-order valence-electron chi connectivity index (χ2n) is 5.69. The lowest BCUT2D eigenvalue weighted by Crippen LogP contribution is -2.26. The Labute approximate surface area is 139 Å². The zero-order valence-corrected chi connectivity index (χ0v) is 13.9. The van der Waals surface area contributed by atoms with Gasteiger partial charge >= 0.3 is 0 Å². The summed E-state index contributed by atoms with van der Waals surface area (Å²) in [5.41, 5.74) is 2.25. The van der Waals surface area contributed by atoms with Gasteiger partial charge in [-0.25, -0.2) is 8.42 Å². The molecule has 0 spiro atoms. The minimum absolute atomic E-state index is 0.352. The highest BCUT2D eigenvalue weighted by Gasteiger charge is 2.34. The molecule has 24 heavy (non-hydrogen) atoms. The number of rotatable bonds is 4. The number of para-hydroxylation sites is 1. The third-order valence-electron chi connectivity index (χ3n) is 4.28. The summed E-state index contributed by atoms with van der Waals surface area (Å²) in [5.74, 6) is 0.660. The van der Waals surface area contributed by atoms with Gasteiger partial charge in [0.05, 0.1) is 17.7 Å². The van der Waals surface area contributed by atoms with Crippen molar-refractivity contribution in [2.24, 2.45) is 0 Å². The molecular weight excluding hydrogens is 328 g/mol. The molecule has 4 rings (SSSR count). The maximum atomic E-state index is 12.6. The SMILES string of the molecule is COc1ccc2c(c1)CN(CCc1noc3ccccc13)S2(=O)=O. The number of methoxy groups -OCH3 is 1.